The molecule has 0 N–H and O–H groups in total. The highest BCUT2D eigenvalue weighted by Crippen LogP contribution is 2.31. The summed E-state index contributed by atoms with van der Waals surface area (Å²) < 4.78 is 42.4. The number of hydrogen-bond acceptors (Lipinski definition) is 3. The fourth-order valence-electron chi connectivity index (χ4n) is 1.28. The second kappa shape index (κ2) is 3.56. The summed E-state index contributed by atoms with van der Waals surface area (Å²) in [5.74, 6) is -0.835. The average Bonchev–Trinajstić information content (AvgIpc) is 2.40. The third kappa shape index (κ3) is 1.95. The number of carbonyl (C=O) groups excluding carboxylic acids is 1. The van der Waals surface area contributed by atoms with E-state index in [9.17, 15) is 18.0 Å². The van der Waals surface area contributed by atoms with Gasteiger partial charge in [-0.2, -0.15) is 18.3 Å². The first-order valence-corrected chi connectivity index (χ1v) is 3.98. The molecule has 1 aromatic rings. The van der Waals surface area contributed by atoms with Crippen LogP contribution < -0.4 is 0 Å². The number of halogens is 3. The summed E-state index contributed by atoms with van der Waals surface area (Å²) in [4.78, 5) is 11.1. The van der Waals surface area contributed by atoms with E-state index in [4.69, 9.17) is 0 Å². The van der Waals surface area contributed by atoms with Crippen LogP contribution in [0.3, 0.4) is 0 Å². The van der Waals surface area contributed by atoms with Gasteiger partial charge in [-0.15, -0.1) is 0 Å². The molecule has 15 heavy (non-hydrogen) atoms. The molecule has 0 atom stereocenters. The molecule has 7 heteroatoms. The molecule has 84 valence electrons. The van der Waals surface area contributed by atoms with Crippen molar-refractivity contribution in [1.82, 2.24) is 9.78 Å². The van der Waals surface area contributed by atoms with Gasteiger partial charge in [0.25, 0.3) is 0 Å². The molecule has 0 fully saturated rings. The predicted molar refractivity (Wildman–Crippen MR) is 44.3 cm³/mol. The van der Waals surface area contributed by atoms with Crippen molar-refractivity contribution in [2.24, 2.45) is 7.05 Å². The quantitative estimate of drug-likeness (QED) is 0.677. The second-order valence-corrected chi connectivity index (χ2v) is 2.94. The van der Waals surface area contributed by atoms with Gasteiger partial charge in [0.05, 0.1) is 7.11 Å². The van der Waals surface area contributed by atoms with E-state index in [1.807, 2.05) is 0 Å². The topological polar surface area (TPSA) is 44.1 Å². The molecule has 0 spiro atoms. The Morgan fingerprint density at radius 2 is 2.00 bits per heavy atom. The van der Waals surface area contributed by atoms with Crippen molar-refractivity contribution in [2.75, 3.05) is 7.11 Å². The van der Waals surface area contributed by atoms with Crippen molar-refractivity contribution in [3.8, 4) is 0 Å². The van der Waals surface area contributed by atoms with Gasteiger partial charge in [0.15, 0.2) is 5.69 Å². The lowest BCUT2D eigenvalue weighted by Crippen LogP contribution is -2.09. The summed E-state index contributed by atoms with van der Waals surface area (Å²) >= 11 is 0. The summed E-state index contributed by atoms with van der Waals surface area (Å²) in [5.41, 5.74) is -1.48. The molecule has 0 aliphatic rings. The van der Waals surface area contributed by atoms with Gasteiger partial charge in [-0.3, -0.25) is 4.68 Å². The van der Waals surface area contributed by atoms with E-state index in [-0.39, 0.29) is 11.3 Å². The molecule has 0 amide bonds. The monoisotopic (exact) mass is 222 g/mol. The van der Waals surface area contributed by atoms with Gasteiger partial charge in [0, 0.05) is 12.6 Å². The number of rotatable bonds is 1. The molecule has 1 rings (SSSR count). The Morgan fingerprint density at radius 1 is 1.47 bits per heavy atom. The van der Waals surface area contributed by atoms with Crippen LogP contribution in [-0.2, 0) is 18.0 Å². The van der Waals surface area contributed by atoms with E-state index in [1.165, 1.54) is 14.0 Å². The summed E-state index contributed by atoms with van der Waals surface area (Å²) in [6.45, 7) is 1.18. The van der Waals surface area contributed by atoms with Crippen molar-refractivity contribution in [3.05, 3.63) is 17.0 Å². The molecule has 0 unspecified atom stereocenters. The van der Waals surface area contributed by atoms with Crippen molar-refractivity contribution in [2.45, 2.75) is 13.1 Å². The summed E-state index contributed by atoms with van der Waals surface area (Å²) in [5, 5.41) is 3.24. The number of aromatic nitrogens is 2. The molecule has 0 aromatic carbocycles. The number of aryl methyl sites for hydroxylation is 1. The van der Waals surface area contributed by atoms with Gasteiger partial charge in [0.2, 0.25) is 0 Å². The van der Waals surface area contributed by atoms with Crippen LogP contribution in [0.4, 0.5) is 13.2 Å². The smallest absolute Gasteiger partial charge is 0.435 e. The number of methoxy groups -OCH3 is 1. The van der Waals surface area contributed by atoms with Crippen LogP contribution in [-0.4, -0.2) is 22.9 Å². The SMILES string of the molecule is COC(=O)c1c(C)c(C(F)(F)F)nn1C. The number of carbonyl (C=O) groups is 1. The molecule has 1 heterocycles. The summed E-state index contributed by atoms with van der Waals surface area (Å²) in [6, 6.07) is 0. The van der Waals surface area contributed by atoms with Gasteiger partial charge < -0.3 is 4.74 Å². The summed E-state index contributed by atoms with van der Waals surface area (Å²) in [6.07, 6.45) is -4.56. The maximum atomic E-state index is 12.4. The molecular weight excluding hydrogens is 213 g/mol. The minimum absolute atomic E-state index is 0.190. The van der Waals surface area contributed by atoms with E-state index in [1.54, 1.807) is 0 Å². The van der Waals surface area contributed by atoms with Gasteiger partial charge in [-0.25, -0.2) is 4.79 Å². The third-order valence-corrected chi connectivity index (χ3v) is 1.93. The van der Waals surface area contributed by atoms with Crippen molar-refractivity contribution >= 4 is 5.97 Å². The Kier molecular flexibility index (Phi) is 2.74. The molecule has 0 bridgehead atoms. The minimum Gasteiger partial charge on any atom is -0.464 e. The van der Waals surface area contributed by atoms with Gasteiger partial charge >= 0.3 is 12.1 Å². The van der Waals surface area contributed by atoms with Gasteiger partial charge in [-0.05, 0) is 6.92 Å². The number of hydrogen-bond donors (Lipinski definition) is 0. The van der Waals surface area contributed by atoms with Crippen LogP contribution in [0.1, 0.15) is 21.7 Å². The molecule has 0 saturated heterocycles. The van der Waals surface area contributed by atoms with Crippen molar-refractivity contribution in [3.63, 3.8) is 0 Å². The van der Waals surface area contributed by atoms with Crippen LogP contribution in [0, 0.1) is 6.92 Å². The zero-order valence-corrected chi connectivity index (χ0v) is 8.34. The van der Waals surface area contributed by atoms with Crippen molar-refractivity contribution in [1.29, 1.82) is 0 Å². The first kappa shape index (κ1) is 11.5. The first-order chi connectivity index (χ1) is 6.79. The lowest BCUT2D eigenvalue weighted by atomic mass is 10.2. The maximum Gasteiger partial charge on any atom is 0.435 e. The molecule has 1 aromatic heterocycles. The Bertz CT molecular complexity index is 395. The van der Waals surface area contributed by atoms with E-state index in [2.05, 4.69) is 9.84 Å². The average molecular weight is 222 g/mol. The van der Waals surface area contributed by atoms with Crippen LogP contribution in [0.2, 0.25) is 0 Å². The minimum atomic E-state index is -4.56. The largest absolute Gasteiger partial charge is 0.464 e. The highest BCUT2D eigenvalue weighted by Gasteiger charge is 2.38. The zero-order chi connectivity index (χ0) is 11.8. The van der Waals surface area contributed by atoms with Crippen LogP contribution in [0.15, 0.2) is 0 Å². The first-order valence-electron chi connectivity index (χ1n) is 3.98. The standard InChI is InChI=1S/C8H9F3N2O2/c1-4-5(7(14)15-3)13(2)12-6(4)8(9,10)11/h1-3H3. The Balaban J connectivity index is 3.33. The van der Waals surface area contributed by atoms with Crippen molar-refractivity contribution < 1.29 is 22.7 Å². The Labute approximate surface area is 83.6 Å². The zero-order valence-electron chi connectivity index (χ0n) is 8.34. The third-order valence-electron chi connectivity index (χ3n) is 1.93. The van der Waals surface area contributed by atoms with Crippen LogP contribution in [0.5, 0.6) is 0 Å². The van der Waals surface area contributed by atoms with E-state index >= 15 is 0 Å². The number of esters is 1. The molecule has 0 saturated carbocycles. The number of ether oxygens (including phenoxy) is 1. The van der Waals surface area contributed by atoms with Crippen LogP contribution in [0.25, 0.3) is 0 Å². The predicted octanol–water partition coefficient (Wildman–Crippen LogP) is 1.53. The van der Waals surface area contributed by atoms with E-state index in [0.717, 1.165) is 11.8 Å². The Hall–Kier alpha value is -1.53. The van der Waals surface area contributed by atoms with Gasteiger partial charge in [0.1, 0.15) is 5.69 Å². The second-order valence-electron chi connectivity index (χ2n) is 2.94. The maximum absolute atomic E-state index is 12.4. The van der Waals surface area contributed by atoms with E-state index < -0.39 is 17.8 Å². The lowest BCUT2D eigenvalue weighted by molar-refractivity contribution is -0.141. The van der Waals surface area contributed by atoms with E-state index in [0.29, 0.717) is 0 Å². The Morgan fingerprint density at radius 3 is 2.33 bits per heavy atom. The highest BCUT2D eigenvalue weighted by molar-refractivity contribution is 5.89. The normalized spacial score (nSPS) is 11.6. The summed E-state index contributed by atoms with van der Waals surface area (Å²) in [7, 11) is 2.36. The molecule has 0 radical (unpaired) electrons. The number of nitrogens with zero attached hydrogens (tertiary/aromatic N) is 2. The lowest BCUT2D eigenvalue weighted by Gasteiger charge is -2.02. The van der Waals surface area contributed by atoms with Crippen LogP contribution >= 0.6 is 0 Å². The van der Waals surface area contributed by atoms with Gasteiger partial charge in [-0.1, -0.05) is 0 Å². The molecule has 0 aliphatic heterocycles. The molecule has 0 aliphatic carbocycles. The highest BCUT2D eigenvalue weighted by atomic mass is 19.4. The molecule has 4 nitrogen and oxygen atoms in total. The fourth-order valence-corrected chi connectivity index (χ4v) is 1.28. The molecular formula is C8H9F3N2O2. The number of alkyl halides is 3. The fraction of sp³-hybridized carbons (Fsp3) is 0.500.